The first-order chi connectivity index (χ1) is 24.1. The van der Waals surface area contributed by atoms with Crippen LogP contribution in [0.4, 0.5) is 0 Å². The number of carbonyl (C=O) groups is 2. The van der Waals surface area contributed by atoms with Crippen LogP contribution in [0.1, 0.15) is 29.2 Å². The van der Waals surface area contributed by atoms with Gasteiger partial charge in [-0.3, -0.25) is 4.79 Å². The number of nitrogens with zero attached hydrogens (tertiary/aromatic N) is 1. The molecule has 1 amide bonds. The first-order valence-corrected chi connectivity index (χ1v) is 16.2. The van der Waals surface area contributed by atoms with E-state index in [4.69, 9.17) is 33.2 Å². The normalized spacial score (nSPS) is 30.3. The predicted molar refractivity (Wildman–Crippen MR) is 175 cm³/mol. The van der Waals surface area contributed by atoms with Gasteiger partial charge in [-0.2, -0.15) is 0 Å². The molecule has 14 nitrogen and oxygen atoms in total. The summed E-state index contributed by atoms with van der Waals surface area (Å²) in [6.45, 7) is 3.87. The molecule has 2 fully saturated rings. The number of phenols is 1. The van der Waals surface area contributed by atoms with Gasteiger partial charge in [-0.05, 0) is 59.9 Å². The molecule has 4 heterocycles. The van der Waals surface area contributed by atoms with E-state index in [2.05, 4.69) is 6.58 Å². The van der Waals surface area contributed by atoms with Gasteiger partial charge in [0.25, 0.3) is 5.91 Å². The maximum absolute atomic E-state index is 13.7. The number of benzene rings is 2. The molecule has 0 aliphatic carbocycles. The van der Waals surface area contributed by atoms with Crippen LogP contribution < -0.4 is 14.2 Å². The second-order valence-corrected chi connectivity index (χ2v) is 12.4. The van der Waals surface area contributed by atoms with Crippen molar-refractivity contribution in [2.45, 2.75) is 55.9 Å². The average Bonchev–Trinajstić information content (AvgIpc) is 3.13. The molecule has 0 bridgehead atoms. The molecule has 0 unspecified atom stereocenters. The summed E-state index contributed by atoms with van der Waals surface area (Å²) in [7, 11) is 4.34. The van der Waals surface area contributed by atoms with Crippen molar-refractivity contribution in [2.24, 2.45) is 11.8 Å². The van der Waals surface area contributed by atoms with E-state index in [-0.39, 0.29) is 35.1 Å². The van der Waals surface area contributed by atoms with Gasteiger partial charge in [0.05, 0.1) is 45.8 Å². The number of fused-ring (bicyclic) bond motifs is 4. The molecule has 268 valence electrons. The minimum Gasteiger partial charge on any atom is -0.502 e. The second kappa shape index (κ2) is 14.7. The van der Waals surface area contributed by atoms with Crippen molar-refractivity contribution in [1.29, 1.82) is 0 Å². The third-order valence-electron chi connectivity index (χ3n) is 9.73. The first-order valence-electron chi connectivity index (χ1n) is 16.2. The molecule has 50 heavy (non-hydrogen) atoms. The number of carbonyl (C=O) groups excluding carboxylic acids is 2. The van der Waals surface area contributed by atoms with Gasteiger partial charge < -0.3 is 58.5 Å². The van der Waals surface area contributed by atoms with Gasteiger partial charge in [-0.25, -0.2) is 4.79 Å². The van der Waals surface area contributed by atoms with E-state index >= 15 is 0 Å². The number of aliphatic hydroxyl groups excluding tert-OH is 3. The van der Waals surface area contributed by atoms with Gasteiger partial charge in [0, 0.05) is 24.5 Å². The number of rotatable bonds is 10. The molecule has 14 heteroatoms. The summed E-state index contributed by atoms with van der Waals surface area (Å²) in [6.07, 6.45) is -2.07. The molecule has 0 aromatic heterocycles. The second-order valence-electron chi connectivity index (χ2n) is 12.4. The van der Waals surface area contributed by atoms with Crippen molar-refractivity contribution in [2.75, 3.05) is 34.5 Å². The molecule has 6 rings (SSSR count). The van der Waals surface area contributed by atoms with Crippen LogP contribution in [0.2, 0.25) is 0 Å². The highest BCUT2D eigenvalue weighted by Crippen LogP contribution is 2.48. The minimum absolute atomic E-state index is 0.113. The average molecular weight is 696 g/mol. The number of hydrogen-bond acceptors (Lipinski definition) is 13. The van der Waals surface area contributed by atoms with E-state index in [0.717, 1.165) is 23.0 Å². The molecular weight excluding hydrogens is 654 g/mol. The van der Waals surface area contributed by atoms with Gasteiger partial charge in [0.1, 0.15) is 24.1 Å². The molecule has 9 atom stereocenters. The molecule has 2 saturated heterocycles. The van der Waals surface area contributed by atoms with Gasteiger partial charge in [-0.15, -0.1) is 6.58 Å². The molecule has 0 radical (unpaired) electrons. The van der Waals surface area contributed by atoms with Crippen molar-refractivity contribution < 1.29 is 63.2 Å². The first kappa shape index (κ1) is 35.2. The van der Waals surface area contributed by atoms with Gasteiger partial charge in [0.15, 0.2) is 17.6 Å². The van der Waals surface area contributed by atoms with Crippen LogP contribution in [0, 0.1) is 11.8 Å². The van der Waals surface area contributed by atoms with Crippen LogP contribution in [0.3, 0.4) is 0 Å². The van der Waals surface area contributed by atoms with E-state index in [9.17, 15) is 30.0 Å². The Morgan fingerprint density at radius 1 is 1.06 bits per heavy atom. The van der Waals surface area contributed by atoms with Gasteiger partial charge in [0.2, 0.25) is 18.3 Å². The van der Waals surface area contributed by atoms with Crippen LogP contribution in [0.5, 0.6) is 23.0 Å². The van der Waals surface area contributed by atoms with Crippen LogP contribution in [-0.4, -0.2) is 109 Å². The summed E-state index contributed by atoms with van der Waals surface area (Å²) in [5.74, 6) is -1.24. The fourth-order valence-electron chi connectivity index (χ4n) is 7.10. The summed E-state index contributed by atoms with van der Waals surface area (Å²) in [5, 5.41) is 41.7. The summed E-state index contributed by atoms with van der Waals surface area (Å²) in [6, 6.07) is 8.61. The highest BCUT2D eigenvalue weighted by atomic mass is 16.8. The monoisotopic (exact) mass is 695 g/mol. The molecule has 0 saturated carbocycles. The number of ether oxygens (including phenoxy) is 7. The zero-order chi connectivity index (χ0) is 35.7. The number of methoxy groups -OCH3 is 3. The Balaban J connectivity index is 1.22. The zero-order valence-corrected chi connectivity index (χ0v) is 27.8. The Hall–Kier alpha value is -4.60. The van der Waals surface area contributed by atoms with E-state index < -0.39 is 55.5 Å². The van der Waals surface area contributed by atoms with E-state index in [1.54, 1.807) is 13.2 Å². The third kappa shape index (κ3) is 6.52. The maximum atomic E-state index is 13.7. The minimum atomic E-state index is -1.71. The summed E-state index contributed by atoms with van der Waals surface area (Å²) >= 11 is 0. The third-order valence-corrected chi connectivity index (χ3v) is 9.73. The zero-order valence-electron chi connectivity index (χ0n) is 27.8. The topological polar surface area (TPSA) is 183 Å². The maximum Gasteiger partial charge on any atom is 0.331 e. The molecule has 2 aromatic carbocycles. The molecular formula is C36H41NO13. The van der Waals surface area contributed by atoms with E-state index in [1.165, 1.54) is 38.7 Å². The quantitative estimate of drug-likeness (QED) is 0.161. The van der Waals surface area contributed by atoms with Crippen LogP contribution >= 0.6 is 0 Å². The largest absolute Gasteiger partial charge is 0.502 e. The van der Waals surface area contributed by atoms with Crippen molar-refractivity contribution in [3.63, 3.8) is 0 Å². The molecule has 4 aliphatic rings. The Kier molecular flexibility index (Phi) is 10.4. The van der Waals surface area contributed by atoms with E-state index in [1.807, 2.05) is 23.1 Å². The number of esters is 1. The molecule has 4 N–H and O–H groups in total. The number of aliphatic hydroxyl groups is 3. The van der Waals surface area contributed by atoms with Crippen molar-refractivity contribution >= 4 is 18.0 Å². The van der Waals surface area contributed by atoms with E-state index in [0.29, 0.717) is 30.5 Å². The Morgan fingerprint density at radius 3 is 2.46 bits per heavy atom. The van der Waals surface area contributed by atoms with Crippen molar-refractivity contribution in [3.05, 3.63) is 77.6 Å². The lowest BCUT2D eigenvalue weighted by Crippen LogP contribution is -2.61. The smallest absolute Gasteiger partial charge is 0.331 e. The van der Waals surface area contributed by atoms with Crippen LogP contribution in [-0.2, 0) is 35.0 Å². The highest BCUT2D eigenvalue weighted by molar-refractivity contribution is 5.95. The van der Waals surface area contributed by atoms with Crippen LogP contribution in [0.25, 0.3) is 6.08 Å². The fraction of sp³-hybridized carbons (Fsp3) is 0.444. The lowest BCUT2D eigenvalue weighted by Gasteiger charge is -2.49. The summed E-state index contributed by atoms with van der Waals surface area (Å²) in [5.41, 5.74) is 3.06. The Morgan fingerprint density at radius 2 is 1.80 bits per heavy atom. The predicted octanol–water partition coefficient (Wildman–Crippen LogP) is 1.99. The molecule has 2 aromatic rings. The molecule has 4 aliphatic heterocycles. The number of phenolic OH excluding ortho intramolecular Hbond substituents is 1. The summed E-state index contributed by atoms with van der Waals surface area (Å²) < 4.78 is 39.2. The standard InChI is InChI=1S/C36H41NO13/c1-5-21-23-15-25-22-8-7-20(44-2)14-19(22)10-11-37(25)34(43)24(23)17-47-35(21)50-36-33(32(42)31(41)28(16-38)48-36)49-29(39)9-6-18-12-26(45-3)30(40)27(13-18)46-4/h5-9,12-14,17,21,23,25,28,31-33,35-36,38,40-42H,1,10-11,15-16H2,2-4H3/b9-6+/t21-,23+,25-,28-,31-,32+,33-,35+,36+/m1/s1. The van der Waals surface area contributed by atoms with Crippen molar-refractivity contribution in [3.8, 4) is 23.0 Å². The SMILES string of the molecule is C=C[C@H]1[C@H](O[C@@H]2O[C@H](CO)[C@@H](O)[C@H](O)[C@H]2OC(=O)/C=C/c2cc(OC)c(O)c(OC)c2)OC=C2C(=O)N3CCc4cc(OC)ccc4[C@H]3C[C@H]21. The number of hydrogen-bond donors (Lipinski definition) is 4. The van der Waals surface area contributed by atoms with Crippen molar-refractivity contribution in [1.82, 2.24) is 4.90 Å². The lowest BCUT2D eigenvalue weighted by atomic mass is 9.73. The highest BCUT2D eigenvalue weighted by Gasteiger charge is 2.52. The fourth-order valence-corrected chi connectivity index (χ4v) is 7.10. The van der Waals surface area contributed by atoms with Gasteiger partial charge >= 0.3 is 5.97 Å². The lowest BCUT2D eigenvalue weighted by molar-refractivity contribution is -0.340. The number of aromatic hydroxyl groups is 1. The number of amides is 1. The number of piperidine rings is 1. The van der Waals surface area contributed by atoms with Gasteiger partial charge in [-0.1, -0.05) is 12.1 Å². The van der Waals surface area contributed by atoms with Crippen LogP contribution in [0.15, 0.2) is 60.9 Å². The Bertz CT molecular complexity index is 1650. The molecule has 0 spiro atoms. The Labute approximate surface area is 288 Å². The summed E-state index contributed by atoms with van der Waals surface area (Å²) in [4.78, 5) is 28.6.